The molecule has 1 heterocycles. The van der Waals surface area contributed by atoms with Gasteiger partial charge in [-0.2, -0.15) is 0 Å². The Bertz CT molecular complexity index is 453. The highest BCUT2D eigenvalue weighted by atomic mass is 35.5. The Kier molecular flexibility index (Phi) is 4.43. The first kappa shape index (κ1) is 13.6. The Balaban J connectivity index is 2.29. The Hall–Kier alpha value is -0.840. The largest absolute Gasteiger partial charge is 0.396 e. The number of benzene rings is 1. The average molecular weight is 285 g/mol. The van der Waals surface area contributed by atoms with E-state index in [4.69, 9.17) is 29.6 Å². The Morgan fingerprint density at radius 2 is 2.33 bits per heavy atom. The number of aliphatic hydroxyl groups excluding tert-OH is 1. The fourth-order valence-corrected chi connectivity index (χ4v) is 2.75. The topological polar surface area (TPSA) is 49.5 Å². The summed E-state index contributed by atoms with van der Waals surface area (Å²) in [5.74, 6) is 0.327. The minimum Gasteiger partial charge on any atom is -0.396 e. The van der Waals surface area contributed by atoms with Gasteiger partial charge in [-0.3, -0.25) is 0 Å². The molecule has 1 aromatic rings. The number of hydrogen-bond donors (Lipinski definition) is 2. The molecule has 3 nitrogen and oxygen atoms in total. The van der Waals surface area contributed by atoms with Gasteiger partial charge in [0, 0.05) is 36.0 Å². The van der Waals surface area contributed by atoms with E-state index in [1.165, 1.54) is 0 Å². The maximum absolute atomic E-state index is 9.28. The summed E-state index contributed by atoms with van der Waals surface area (Å²) in [6, 6.07) is 5.61. The van der Waals surface area contributed by atoms with Crippen molar-refractivity contribution in [3.63, 3.8) is 0 Å². The molecule has 3 N–H and O–H groups in total. The minimum absolute atomic E-state index is 0.229. The highest BCUT2D eigenvalue weighted by Gasteiger charge is 2.21. The smallest absolute Gasteiger partial charge is 0.106 e. The monoisotopic (exact) mass is 284 g/mol. The average Bonchev–Trinajstić information content (AvgIpc) is 2.38. The van der Waals surface area contributed by atoms with Crippen molar-refractivity contribution in [3.05, 3.63) is 28.8 Å². The third-order valence-corrected chi connectivity index (χ3v) is 3.80. The van der Waals surface area contributed by atoms with Gasteiger partial charge in [-0.05, 0) is 37.0 Å². The summed E-state index contributed by atoms with van der Waals surface area (Å²) < 4.78 is 0. The van der Waals surface area contributed by atoms with Gasteiger partial charge in [0.1, 0.15) is 4.99 Å². The van der Waals surface area contributed by atoms with Gasteiger partial charge in [0.15, 0.2) is 0 Å². The minimum atomic E-state index is 0.229. The van der Waals surface area contributed by atoms with Crippen molar-refractivity contribution in [3.8, 4) is 0 Å². The number of rotatable bonds is 3. The van der Waals surface area contributed by atoms with Crippen LogP contribution in [0, 0.1) is 5.92 Å². The molecule has 0 spiro atoms. The van der Waals surface area contributed by atoms with E-state index in [0.29, 0.717) is 15.9 Å². The van der Waals surface area contributed by atoms with Crippen LogP contribution in [0.4, 0.5) is 5.69 Å². The highest BCUT2D eigenvalue weighted by molar-refractivity contribution is 7.80. The van der Waals surface area contributed by atoms with Crippen LogP contribution in [0.15, 0.2) is 18.2 Å². The molecular weight excluding hydrogens is 268 g/mol. The molecule has 1 aliphatic heterocycles. The van der Waals surface area contributed by atoms with Crippen molar-refractivity contribution < 1.29 is 5.11 Å². The van der Waals surface area contributed by atoms with E-state index in [9.17, 15) is 5.11 Å². The fourth-order valence-electron chi connectivity index (χ4n) is 2.41. The lowest BCUT2D eigenvalue weighted by atomic mass is 9.97. The number of nitrogens with two attached hydrogens (primary N) is 1. The van der Waals surface area contributed by atoms with Gasteiger partial charge in [-0.1, -0.05) is 23.8 Å². The first-order chi connectivity index (χ1) is 8.61. The van der Waals surface area contributed by atoms with Crippen LogP contribution >= 0.6 is 23.8 Å². The Morgan fingerprint density at radius 1 is 1.56 bits per heavy atom. The molecule has 0 radical (unpaired) electrons. The maximum atomic E-state index is 9.28. The number of piperidine rings is 1. The van der Waals surface area contributed by atoms with Gasteiger partial charge in [0.05, 0.1) is 0 Å². The molecule has 1 atom stereocenters. The lowest BCUT2D eigenvalue weighted by Crippen LogP contribution is -2.37. The quantitative estimate of drug-likeness (QED) is 0.836. The van der Waals surface area contributed by atoms with Crippen molar-refractivity contribution in [2.75, 3.05) is 24.6 Å². The molecule has 1 aliphatic rings. The van der Waals surface area contributed by atoms with E-state index in [-0.39, 0.29) is 6.61 Å². The SMILES string of the molecule is NC(=S)c1cc(Cl)ccc1N1CCCC(CO)C1. The zero-order chi connectivity index (χ0) is 13.1. The van der Waals surface area contributed by atoms with Crippen molar-refractivity contribution >= 4 is 34.5 Å². The third-order valence-electron chi connectivity index (χ3n) is 3.34. The first-order valence-electron chi connectivity index (χ1n) is 6.07. The molecule has 1 unspecified atom stereocenters. The van der Waals surface area contributed by atoms with Crippen molar-refractivity contribution in [2.24, 2.45) is 11.7 Å². The van der Waals surface area contributed by atoms with Gasteiger partial charge in [0.25, 0.3) is 0 Å². The molecule has 0 amide bonds. The molecule has 0 aromatic heterocycles. The molecule has 1 fully saturated rings. The predicted molar refractivity (Wildman–Crippen MR) is 79.4 cm³/mol. The highest BCUT2D eigenvalue weighted by Crippen LogP contribution is 2.28. The van der Waals surface area contributed by atoms with Crippen LogP contribution in [-0.4, -0.2) is 29.8 Å². The van der Waals surface area contributed by atoms with E-state index in [0.717, 1.165) is 37.2 Å². The number of aliphatic hydroxyl groups is 1. The molecule has 0 aliphatic carbocycles. The van der Waals surface area contributed by atoms with Crippen LogP contribution in [0.25, 0.3) is 0 Å². The number of halogens is 1. The second-order valence-electron chi connectivity index (χ2n) is 4.66. The molecule has 0 saturated carbocycles. The van der Waals surface area contributed by atoms with Gasteiger partial charge < -0.3 is 15.7 Å². The second-order valence-corrected chi connectivity index (χ2v) is 5.54. The fraction of sp³-hybridized carbons (Fsp3) is 0.462. The lowest BCUT2D eigenvalue weighted by molar-refractivity contribution is 0.208. The summed E-state index contributed by atoms with van der Waals surface area (Å²) in [6.07, 6.45) is 2.15. The van der Waals surface area contributed by atoms with Gasteiger partial charge in [-0.15, -0.1) is 0 Å². The number of anilines is 1. The molecular formula is C13H17ClN2OS. The molecule has 2 rings (SSSR count). The number of nitrogens with zero attached hydrogens (tertiary/aromatic N) is 1. The van der Waals surface area contributed by atoms with E-state index in [1.54, 1.807) is 0 Å². The van der Waals surface area contributed by atoms with E-state index >= 15 is 0 Å². The normalized spacial score (nSPS) is 19.9. The predicted octanol–water partition coefficient (Wildman–Crippen LogP) is 2.18. The molecule has 18 heavy (non-hydrogen) atoms. The van der Waals surface area contributed by atoms with Crippen molar-refractivity contribution in [1.29, 1.82) is 0 Å². The van der Waals surface area contributed by atoms with Crippen LogP contribution in [-0.2, 0) is 0 Å². The third kappa shape index (κ3) is 2.94. The van der Waals surface area contributed by atoms with Crippen LogP contribution in [0.2, 0.25) is 5.02 Å². The van der Waals surface area contributed by atoms with E-state index < -0.39 is 0 Å². The van der Waals surface area contributed by atoms with Crippen LogP contribution < -0.4 is 10.6 Å². The molecule has 98 valence electrons. The first-order valence-corrected chi connectivity index (χ1v) is 6.85. The summed E-state index contributed by atoms with van der Waals surface area (Å²) in [5, 5.41) is 9.92. The Morgan fingerprint density at radius 3 is 3.00 bits per heavy atom. The summed E-state index contributed by atoms with van der Waals surface area (Å²) in [7, 11) is 0. The summed E-state index contributed by atoms with van der Waals surface area (Å²) >= 11 is 11.1. The van der Waals surface area contributed by atoms with E-state index in [2.05, 4.69) is 4.90 Å². The second kappa shape index (κ2) is 5.87. The summed E-state index contributed by atoms with van der Waals surface area (Å²) in [5.41, 5.74) is 7.59. The summed E-state index contributed by atoms with van der Waals surface area (Å²) in [4.78, 5) is 2.59. The standard InChI is InChI=1S/C13H17ClN2OS/c14-10-3-4-12(11(6-10)13(15)18)16-5-1-2-9(7-16)8-17/h3-4,6,9,17H,1-2,5,7-8H2,(H2,15,18). The molecule has 1 saturated heterocycles. The lowest BCUT2D eigenvalue weighted by Gasteiger charge is -2.34. The van der Waals surface area contributed by atoms with Crippen LogP contribution in [0.5, 0.6) is 0 Å². The zero-order valence-electron chi connectivity index (χ0n) is 10.1. The maximum Gasteiger partial charge on any atom is 0.106 e. The zero-order valence-corrected chi connectivity index (χ0v) is 11.7. The molecule has 5 heteroatoms. The molecule has 1 aromatic carbocycles. The van der Waals surface area contributed by atoms with Gasteiger partial charge >= 0.3 is 0 Å². The van der Waals surface area contributed by atoms with Crippen LogP contribution in [0.1, 0.15) is 18.4 Å². The van der Waals surface area contributed by atoms with Crippen molar-refractivity contribution in [2.45, 2.75) is 12.8 Å². The van der Waals surface area contributed by atoms with Gasteiger partial charge in [0.2, 0.25) is 0 Å². The number of thiocarbonyl (C=S) groups is 1. The van der Waals surface area contributed by atoms with Gasteiger partial charge in [-0.25, -0.2) is 0 Å². The summed E-state index contributed by atoms with van der Waals surface area (Å²) in [6.45, 7) is 2.04. The number of hydrogen-bond acceptors (Lipinski definition) is 3. The van der Waals surface area contributed by atoms with Crippen molar-refractivity contribution in [1.82, 2.24) is 0 Å². The Labute approximate surface area is 118 Å². The van der Waals surface area contributed by atoms with E-state index in [1.807, 2.05) is 18.2 Å². The molecule has 0 bridgehead atoms. The van der Waals surface area contributed by atoms with Crippen LogP contribution in [0.3, 0.4) is 0 Å².